The highest BCUT2D eigenvalue weighted by atomic mass is 19.3. The Labute approximate surface area is 108 Å². The number of hydrogen-bond acceptors (Lipinski definition) is 2. The predicted octanol–water partition coefficient (Wildman–Crippen LogP) is 2.78. The Kier molecular flexibility index (Phi) is 2.94. The van der Waals surface area contributed by atoms with Gasteiger partial charge < -0.3 is 9.64 Å². The molecule has 1 heterocycles. The minimum atomic E-state index is -2.36. The summed E-state index contributed by atoms with van der Waals surface area (Å²) in [5.74, 6) is -3.02. The van der Waals surface area contributed by atoms with Crippen molar-refractivity contribution in [3.8, 4) is 0 Å². The maximum atomic E-state index is 13.3. The van der Waals surface area contributed by atoms with Crippen LogP contribution in [0.5, 0.6) is 0 Å². The fourth-order valence-electron chi connectivity index (χ4n) is 3.28. The van der Waals surface area contributed by atoms with Crippen molar-refractivity contribution in [3.63, 3.8) is 0 Å². The van der Waals surface area contributed by atoms with E-state index in [2.05, 4.69) is 4.90 Å². The highest BCUT2D eigenvalue weighted by Gasteiger charge is 2.69. The average molecular weight is 259 g/mol. The van der Waals surface area contributed by atoms with E-state index in [0.29, 0.717) is 13.0 Å². The van der Waals surface area contributed by atoms with E-state index in [1.165, 1.54) is 12.8 Å². The lowest BCUT2D eigenvalue weighted by atomic mass is 10.0. The number of ether oxygens (including phenoxy) is 1. The molecular weight excluding hydrogens is 236 g/mol. The fourth-order valence-corrected chi connectivity index (χ4v) is 3.28. The predicted molar refractivity (Wildman–Crippen MR) is 65.7 cm³/mol. The summed E-state index contributed by atoms with van der Waals surface area (Å²) in [5, 5.41) is 0. The van der Waals surface area contributed by atoms with Crippen LogP contribution in [0.15, 0.2) is 0 Å². The lowest BCUT2D eigenvalue weighted by Gasteiger charge is -2.30. The van der Waals surface area contributed by atoms with E-state index >= 15 is 0 Å². The Bertz CT molecular complexity index is 328. The molecule has 0 aromatic carbocycles. The SMILES string of the molecule is CC(C)OCC1(CN2CCC3C(C2)C3(F)F)CC1. The third-order valence-electron chi connectivity index (χ3n) is 4.82. The number of fused-ring (bicyclic) bond motifs is 1. The van der Waals surface area contributed by atoms with Crippen molar-refractivity contribution in [1.29, 1.82) is 0 Å². The molecule has 0 radical (unpaired) electrons. The summed E-state index contributed by atoms with van der Waals surface area (Å²) >= 11 is 0. The third kappa shape index (κ3) is 2.29. The summed E-state index contributed by atoms with van der Waals surface area (Å²) in [6, 6.07) is 0. The van der Waals surface area contributed by atoms with Crippen molar-refractivity contribution < 1.29 is 13.5 Å². The van der Waals surface area contributed by atoms with Gasteiger partial charge in [0.2, 0.25) is 0 Å². The Morgan fingerprint density at radius 3 is 2.56 bits per heavy atom. The van der Waals surface area contributed by atoms with Crippen molar-refractivity contribution in [3.05, 3.63) is 0 Å². The molecule has 2 saturated carbocycles. The molecular formula is C14H23F2NO. The smallest absolute Gasteiger partial charge is 0.255 e. The van der Waals surface area contributed by atoms with Crippen LogP contribution in [-0.2, 0) is 4.74 Å². The maximum Gasteiger partial charge on any atom is 0.255 e. The number of likely N-dealkylation sites (tertiary alicyclic amines) is 1. The number of rotatable bonds is 5. The van der Waals surface area contributed by atoms with Gasteiger partial charge in [0.05, 0.1) is 12.7 Å². The van der Waals surface area contributed by atoms with Gasteiger partial charge in [-0.3, -0.25) is 0 Å². The molecule has 1 aliphatic heterocycles. The third-order valence-corrected chi connectivity index (χ3v) is 4.82. The Balaban J connectivity index is 1.49. The van der Waals surface area contributed by atoms with Gasteiger partial charge in [0.25, 0.3) is 5.92 Å². The van der Waals surface area contributed by atoms with Crippen LogP contribution in [0.2, 0.25) is 0 Å². The molecule has 104 valence electrons. The molecule has 2 unspecified atom stereocenters. The summed E-state index contributed by atoms with van der Waals surface area (Å²) < 4.78 is 32.4. The summed E-state index contributed by atoms with van der Waals surface area (Å²) in [5.41, 5.74) is 0.279. The monoisotopic (exact) mass is 259 g/mol. The van der Waals surface area contributed by atoms with Gasteiger partial charge in [0.15, 0.2) is 0 Å². The Hall–Kier alpha value is -0.220. The van der Waals surface area contributed by atoms with E-state index < -0.39 is 5.92 Å². The fraction of sp³-hybridized carbons (Fsp3) is 1.00. The molecule has 0 aromatic rings. The van der Waals surface area contributed by atoms with E-state index in [4.69, 9.17) is 4.74 Å². The summed E-state index contributed by atoms with van der Waals surface area (Å²) in [6.45, 7) is 7.30. The van der Waals surface area contributed by atoms with Gasteiger partial charge in [-0.1, -0.05) is 0 Å². The first-order valence-corrected chi connectivity index (χ1v) is 7.15. The molecule has 0 amide bonds. The van der Waals surface area contributed by atoms with E-state index in [9.17, 15) is 8.78 Å². The Morgan fingerprint density at radius 2 is 2.00 bits per heavy atom. The lowest BCUT2D eigenvalue weighted by Crippen LogP contribution is -2.38. The molecule has 4 heteroatoms. The highest BCUT2D eigenvalue weighted by Crippen LogP contribution is 2.59. The molecule has 0 aromatic heterocycles. The first kappa shape index (κ1) is 12.8. The van der Waals surface area contributed by atoms with Gasteiger partial charge in [-0.2, -0.15) is 0 Å². The first-order valence-electron chi connectivity index (χ1n) is 7.15. The van der Waals surface area contributed by atoms with Gasteiger partial charge >= 0.3 is 0 Å². The summed E-state index contributed by atoms with van der Waals surface area (Å²) in [4.78, 5) is 2.25. The largest absolute Gasteiger partial charge is 0.378 e. The van der Waals surface area contributed by atoms with Crippen LogP contribution in [0.25, 0.3) is 0 Å². The zero-order valence-corrected chi connectivity index (χ0v) is 11.3. The number of alkyl halides is 2. The molecule has 2 aliphatic carbocycles. The van der Waals surface area contributed by atoms with Gasteiger partial charge in [-0.15, -0.1) is 0 Å². The topological polar surface area (TPSA) is 12.5 Å². The number of halogens is 2. The molecule has 3 rings (SSSR count). The van der Waals surface area contributed by atoms with Crippen molar-refractivity contribution in [1.82, 2.24) is 4.90 Å². The van der Waals surface area contributed by atoms with Gasteiger partial charge in [-0.05, 0) is 39.7 Å². The average Bonchev–Trinajstić information content (AvgIpc) is 3.17. The van der Waals surface area contributed by atoms with Crippen LogP contribution in [-0.4, -0.2) is 43.2 Å². The summed E-state index contributed by atoms with van der Waals surface area (Å²) in [6.07, 6.45) is 3.33. The van der Waals surface area contributed by atoms with Crippen LogP contribution in [0, 0.1) is 17.3 Å². The van der Waals surface area contributed by atoms with Gasteiger partial charge in [0.1, 0.15) is 0 Å². The molecule has 3 aliphatic rings. The van der Waals surface area contributed by atoms with E-state index in [1.807, 2.05) is 13.8 Å². The zero-order valence-electron chi connectivity index (χ0n) is 11.3. The second-order valence-electron chi connectivity index (χ2n) is 6.77. The number of nitrogens with zero attached hydrogens (tertiary/aromatic N) is 1. The molecule has 0 spiro atoms. The molecule has 1 saturated heterocycles. The number of piperidine rings is 1. The molecule has 2 nitrogen and oxygen atoms in total. The van der Waals surface area contributed by atoms with Crippen LogP contribution >= 0.6 is 0 Å². The van der Waals surface area contributed by atoms with Crippen LogP contribution in [0.4, 0.5) is 8.78 Å². The summed E-state index contributed by atoms with van der Waals surface area (Å²) in [7, 11) is 0. The first-order chi connectivity index (χ1) is 8.43. The van der Waals surface area contributed by atoms with Crippen LogP contribution in [0.3, 0.4) is 0 Å². The van der Waals surface area contributed by atoms with Crippen molar-refractivity contribution in [2.45, 2.75) is 45.1 Å². The molecule has 18 heavy (non-hydrogen) atoms. The van der Waals surface area contributed by atoms with Crippen molar-refractivity contribution in [2.75, 3.05) is 26.2 Å². The van der Waals surface area contributed by atoms with Crippen molar-refractivity contribution in [2.24, 2.45) is 17.3 Å². The normalized spacial score (nSPS) is 36.5. The van der Waals surface area contributed by atoms with E-state index in [1.54, 1.807) is 0 Å². The van der Waals surface area contributed by atoms with E-state index in [0.717, 1.165) is 19.7 Å². The van der Waals surface area contributed by atoms with Crippen LogP contribution in [0.1, 0.15) is 33.1 Å². The second kappa shape index (κ2) is 4.14. The molecule has 2 atom stereocenters. The quantitative estimate of drug-likeness (QED) is 0.753. The van der Waals surface area contributed by atoms with E-state index in [-0.39, 0.29) is 23.4 Å². The van der Waals surface area contributed by atoms with Crippen molar-refractivity contribution >= 4 is 0 Å². The Morgan fingerprint density at radius 1 is 1.28 bits per heavy atom. The van der Waals surface area contributed by atoms with Gasteiger partial charge in [-0.25, -0.2) is 8.78 Å². The minimum Gasteiger partial charge on any atom is -0.378 e. The van der Waals surface area contributed by atoms with Crippen LogP contribution < -0.4 is 0 Å². The molecule has 0 bridgehead atoms. The minimum absolute atomic E-state index is 0.265. The molecule has 0 N–H and O–H groups in total. The maximum absolute atomic E-state index is 13.3. The number of hydrogen-bond donors (Lipinski definition) is 0. The standard InChI is InChI=1S/C14H23F2NO/c1-10(2)18-9-13(4-5-13)8-17-6-3-11-12(7-17)14(11,15)16/h10-12H,3-9H2,1-2H3. The van der Waals surface area contributed by atoms with Gasteiger partial charge in [0, 0.05) is 30.3 Å². The zero-order chi connectivity index (χ0) is 13.0. The second-order valence-corrected chi connectivity index (χ2v) is 6.77. The highest BCUT2D eigenvalue weighted by molar-refractivity contribution is 5.10. The molecule has 3 fully saturated rings. The lowest BCUT2D eigenvalue weighted by molar-refractivity contribution is 0.0275.